The summed E-state index contributed by atoms with van der Waals surface area (Å²) >= 11 is 0. The fourth-order valence-electron chi connectivity index (χ4n) is 5.30. The number of nitrogens with zero attached hydrogens (tertiary/aromatic N) is 4. The molecule has 1 heterocycles. The van der Waals surface area contributed by atoms with Gasteiger partial charge in [0.1, 0.15) is 0 Å². The molecule has 0 saturated heterocycles. The molecule has 8 nitrogen and oxygen atoms in total. The van der Waals surface area contributed by atoms with Gasteiger partial charge >= 0.3 is 0 Å². The highest BCUT2D eigenvalue weighted by Gasteiger charge is 2.20. The van der Waals surface area contributed by atoms with E-state index in [1.807, 2.05) is 35.2 Å². The lowest BCUT2D eigenvalue weighted by Gasteiger charge is -2.25. The minimum absolute atomic E-state index is 0.0795. The molecule has 2 N–H and O–H groups in total. The first-order valence-corrected chi connectivity index (χ1v) is 16.3. The van der Waals surface area contributed by atoms with Crippen LogP contribution in [0.15, 0.2) is 54.6 Å². The Morgan fingerprint density at radius 2 is 1.57 bits per heavy atom. The van der Waals surface area contributed by atoms with Gasteiger partial charge in [-0.15, -0.1) is 0 Å². The number of hydrogen-bond acceptors (Lipinski definition) is 5. The van der Waals surface area contributed by atoms with E-state index in [-0.39, 0.29) is 11.8 Å². The maximum atomic E-state index is 13.8. The number of fused-ring (bicyclic) bond motifs is 1. The van der Waals surface area contributed by atoms with Crippen molar-refractivity contribution in [3.8, 4) is 0 Å². The number of carbonyl (C=O) groups is 2. The van der Waals surface area contributed by atoms with E-state index in [0.717, 1.165) is 93.2 Å². The number of imidazole rings is 1. The molecule has 0 spiro atoms. The van der Waals surface area contributed by atoms with Gasteiger partial charge in [0.25, 0.3) is 11.8 Å². The highest BCUT2D eigenvalue weighted by atomic mass is 16.2. The van der Waals surface area contributed by atoms with Crippen LogP contribution in [0.1, 0.15) is 87.9 Å². The normalized spacial score (nSPS) is 11.5. The predicted octanol–water partition coefficient (Wildman–Crippen LogP) is 7.35. The van der Waals surface area contributed by atoms with Gasteiger partial charge in [0.15, 0.2) is 0 Å². The van der Waals surface area contributed by atoms with Crippen LogP contribution in [0, 0.1) is 11.8 Å². The van der Waals surface area contributed by atoms with E-state index in [4.69, 9.17) is 4.98 Å². The molecule has 8 heteroatoms. The van der Waals surface area contributed by atoms with Crippen molar-refractivity contribution in [2.45, 2.75) is 73.8 Å². The molecule has 240 valence electrons. The summed E-state index contributed by atoms with van der Waals surface area (Å²) in [6, 6.07) is 13.3. The maximum Gasteiger partial charge on any atom is 0.253 e. The smallest absolute Gasteiger partial charge is 0.253 e. The van der Waals surface area contributed by atoms with Gasteiger partial charge in [0, 0.05) is 56.6 Å². The molecule has 3 rings (SSSR count). The lowest BCUT2D eigenvalue weighted by molar-refractivity contribution is 0.0740. The Morgan fingerprint density at radius 1 is 0.932 bits per heavy atom. The molecule has 2 aromatic carbocycles. The zero-order valence-electron chi connectivity index (χ0n) is 28.1. The summed E-state index contributed by atoms with van der Waals surface area (Å²) in [5.74, 6) is 1.74. The van der Waals surface area contributed by atoms with E-state index < -0.39 is 0 Å². The van der Waals surface area contributed by atoms with Gasteiger partial charge in [-0.3, -0.25) is 14.5 Å². The molecule has 44 heavy (non-hydrogen) atoms. The van der Waals surface area contributed by atoms with Crippen LogP contribution in [0.25, 0.3) is 11.0 Å². The summed E-state index contributed by atoms with van der Waals surface area (Å²) in [6.45, 7) is 22.3. The van der Waals surface area contributed by atoms with Crippen LogP contribution < -0.4 is 10.6 Å². The molecule has 0 aliphatic heterocycles. The second kappa shape index (κ2) is 17.0. The highest BCUT2D eigenvalue weighted by molar-refractivity contribution is 5.98. The van der Waals surface area contributed by atoms with Gasteiger partial charge in [-0.25, -0.2) is 4.98 Å². The van der Waals surface area contributed by atoms with Crippen LogP contribution in [-0.2, 0) is 6.54 Å². The Balaban J connectivity index is 1.95. The molecule has 0 atom stereocenters. The van der Waals surface area contributed by atoms with Crippen molar-refractivity contribution in [1.29, 1.82) is 0 Å². The fourth-order valence-corrected chi connectivity index (χ4v) is 5.30. The Kier molecular flexibility index (Phi) is 13.5. The first kappa shape index (κ1) is 34.8. The standard InChI is InChI=1S/C36H54N6O2/c1-9-19-40(25-28(6)7)20-10-21-42-33-24-30(35(44)41(22-17-26(2)3)23-18-27(4)5)13-16-32(33)39-36(42)38-31-14-11-29(12-15-31)34(43)37-8/h11-16,24,26-27H,6,9-10,17-23,25H2,1-5,7-8H3,(H,37,43)(H,38,39). The average molecular weight is 603 g/mol. The third-order valence-electron chi connectivity index (χ3n) is 7.75. The van der Waals surface area contributed by atoms with E-state index >= 15 is 0 Å². The lowest BCUT2D eigenvalue weighted by atomic mass is 10.1. The summed E-state index contributed by atoms with van der Waals surface area (Å²) < 4.78 is 2.19. The molecule has 1 aromatic heterocycles. The summed E-state index contributed by atoms with van der Waals surface area (Å²) in [4.78, 5) is 35.3. The van der Waals surface area contributed by atoms with Crippen molar-refractivity contribution in [1.82, 2.24) is 24.7 Å². The number of amides is 2. The van der Waals surface area contributed by atoms with Gasteiger partial charge in [0.2, 0.25) is 5.95 Å². The molecule has 0 unspecified atom stereocenters. The van der Waals surface area contributed by atoms with Crippen molar-refractivity contribution in [2.75, 3.05) is 45.1 Å². The number of anilines is 2. The molecular weight excluding hydrogens is 548 g/mol. The number of rotatable bonds is 18. The molecule has 0 radical (unpaired) electrons. The lowest BCUT2D eigenvalue weighted by Crippen LogP contribution is -2.34. The van der Waals surface area contributed by atoms with Crippen molar-refractivity contribution in [3.05, 3.63) is 65.7 Å². The van der Waals surface area contributed by atoms with Crippen molar-refractivity contribution < 1.29 is 9.59 Å². The molecule has 0 fully saturated rings. The first-order valence-electron chi connectivity index (χ1n) is 16.3. The largest absolute Gasteiger partial charge is 0.355 e. The molecule has 0 aliphatic carbocycles. The van der Waals surface area contributed by atoms with E-state index in [1.54, 1.807) is 19.2 Å². The second-order valence-corrected chi connectivity index (χ2v) is 12.8. The number of hydrogen-bond donors (Lipinski definition) is 2. The van der Waals surface area contributed by atoms with Crippen molar-refractivity contribution in [3.63, 3.8) is 0 Å². The summed E-state index contributed by atoms with van der Waals surface area (Å²) in [6.07, 6.45) is 3.98. The van der Waals surface area contributed by atoms with Crippen LogP contribution in [0.3, 0.4) is 0 Å². The number of nitrogens with one attached hydrogen (secondary N) is 2. The van der Waals surface area contributed by atoms with Gasteiger partial charge in [-0.05, 0) is 93.5 Å². The second-order valence-electron chi connectivity index (χ2n) is 12.8. The Hall–Kier alpha value is -3.65. The average Bonchev–Trinajstić information content (AvgIpc) is 3.32. The van der Waals surface area contributed by atoms with Gasteiger partial charge in [-0.2, -0.15) is 0 Å². The molecule has 3 aromatic rings. The van der Waals surface area contributed by atoms with Crippen LogP contribution in [0.5, 0.6) is 0 Å². The summed E-state index contributed by atoms with van der Waals surface area (Å²) in [7, 11) is 1.63. The van der Waals surface area contributed by atoms with Crippen molar-refractivity contribution >= 4 is 34.5 Å². The third-order valence-corrected chi connectivity index (χ3v) is 7.75. The zero-order chi connectivity index (χ0) is 32.2. The quantitative estimate of drug-likeness (QED) is 0.149. The van der Waals surface area contributed by atoms with E-state index in [1.165, 1.54) is 0 Å². The van der Waals surface area contributed by atoms with E-state index in [0.29, 0.717) is 23.0 Å². The van der Waals surface area contributed by atoms with Gasteiger partial charge < -0.3 is 20.1 Å². The van der Waals surface area contributed by atoms with Crippen molar-refractivity contribution in [2.24, 2.45) is 11.8 Å². The summed E-state index contributed by atoms with van der Waals surface area (Å²) in [5, 5.41) is 6.14. The van der Waals surface area contributed by atoms with Crippen LogP contribution in [0.2, 0.25) is 0 Å². The Labute approximate surface area is 264 Å². The molecule has 0 bridgehead atoms. The predicted molar refractivity (Wildman–Crippen MR) is 184 cm³/mol. The minimum atomic E-state index is -0.122. The number of aromatic nitrogens is 2. The van der Waals surface area contributed by atoms with Crippen LogP contribution >= 0.6 is 0 Å². The van der Waals surface area contributed by atoms with Gasteiger partial charge in [0.05, 0.1) is 11.0 Å². The monoisotopic (exact) mass is 602 g/mol. The Morgan fingerprint density at radius 3 is 2.14 bits per heavy atom. The molecule has 0 saturated carbocycles. The number of aryl methyl sites for hydroxylation is 1. The molecule has 2 amide bonds. The number of benzene rings is 2. The van der Waals surface area contributed by atoms with E-state index in [2.05, 4.69) is 68.2 Å². The third kappa shape index (κ3) is 10.2. The molecule has 0 aliphatic rings. The first-order chi connectivity index (χ1) is 21.0. The summed E-state index contributed by atoms with van der Waals surface area (Å²) in [5.41, 5.74) is 5.08. The topological polar surface area (TPSA) is 82.5 Å². The fraction of sp³-hybridized carbons (Fsp3) is 0.528. The van der Waals surface area contributed by atoms with Crippen LogP contribution in [0.4, 0.5) is 11.6 Å². The Bertz CT molecular complexity index is 1360. The highest BCUT2D eigenvalue weighted by Crippen LogP contribution is 2.26. The van der Waals surface area contributed by atoms with Gasteiger partial charge in [-0.1, -0.05) is 46.8 Å². The minimum Gasteiger partial charge on any atom is -0.355 e. The molecular formula is C36H54N6O2. The SMILES string of the molecule is C=C(C)CN(CCC)CCCn1c(Nc2ccc(C(=O)NC)cc2)nc2ccc(C(=O)N(CCC(C)C)CCC(C)C)cc21. The van der Waals surface area contributed by atoms with E-state index in [9.17, 15) is 9.59 Å². The number of carbonyl (C=O) groups excluding carboxylic acids is 2. The van der Waals surface area contributed by atoms with Crippen LogP contribution in [-0.4, -0.2) is 70.9 Å². The zero-order valence-corrected chi connectivity index (χ0v) is 28.1. The maximum absolute atomic E-state index is 13.8.